The molecular formula is C13H14N2O3. The molecule has 0 fully saturated rings. The number of phenols is 1. The van der Waals surface area contributed by atoms with Gasteiger partial charge in [-0.15, -0.1) is 4.91 Å². The molecule has 18 heavy (non-hydrogen) atoms. The van der Waals surface area contributed by atoms with E-state index in [1.807, 2.05) is 31.5 Å². The van der Waals surface area contributed by atoms with Gasteiger partial charge in [0.05, 0.1) is 11.1 Å². The van der Waals surface area contributed by atoms with E-state index in [0.717, 1.165) is 11.1 Å². The Labute approximate surface area is 104 Å². The fourth-order valence-electron chi connectivity index (χ4n) is 2.22. The Morgan fingerprint density at radius 1 is 1.39 bits per heavy atom. The first-order chi connectivity index (χ1) is 8.45. The van der Waals surface area contributed by atoms with Crippen molar-refractivity contribution in [3.8, 4) is 5.75 Å². The van der Waals surface area contributed by atoms with Crippen LogP contribution in [0.2, 0.25) is 0 Å². The summed E-state index contributed by atoms with van der Waals surface area (Å²) in [6, 6.07) is 3.06. The van der Waals surface area contributed by atoms with Crippen molar-refractivity contribution in [1.29, 1.82) is 0 Å². The first kappa shape index (κ1) is 12.3. The number of benzene rings is 1. The van der Waals surface area contributed by atoms with E-state index < -0.39 is 5.91 Å². The zero-order valence-corrected chi connectivity index (χ0v) is 10.5. The van der Waals surface area contributed by atoms with Crippen molar-refractivity contribution in [1.82, 2.24) is 4.57 Å². The topological polar surface area (TPSA) is 71.7 Å². The van der Waals surface area contributed by atoms with Crippen LogP contribution in [0.5, 0.6) is 5.75 Å². The van der Waals surface area contributed by atoms with Gasteiger partial charge in [-0.1, -0.05) is 0 Å². The van der Waals surface area contributed by atoms with Gasteiger partial charge in [0, 0.05) is 28.9 Å². The summed E-state index contributed by atoms with van der Waals surface area (Å²) >= 11 is 0. The lowest BCUT2D eigenvalue weighted by Crippen LogP contribution is -1.99. The molecule has 0 aliphatic rings. The molecule has 1 aromatic carbocycles. The molecule has 1 aromatic heterocycles. The second-order valence-corrected chi connectivity index (χ2v) is 4.60. The average Bonchev–Trinajstić information content (AvgIpc) is 2.64. The van der Waals surface area contributed by atoms with Gasteiger partial charge in [0.2, 0.25) is 0 Å². The molecule has 2 aromatic rings. The number of hydrogen-bond donors (Lipinski definition) is 1. The van der Waals surface area contributed by atoms with Crippen molar-refractivity contribution in [3.05, 3.63) is 34.4 Å². The maximum atomic E-state index is 11.5. The number of amides is 1. The van der Waals surface area contributed by atoms with E-state index in [2.05, 4.69) is 5.18 Å². The third-order valence-electron chi connectivity index (χ3n) is 2.98. The van der Waals surface area contributed by atoms with Gasteiger partial charge < -0.3 is 9.67 Å². The second kappa shape index (κ2) is 4.25. The lowest BCUT2D eigenvalue weighted by atomic mass is 10.1. The molecule has 5 nitrogen and oxygen atoms in total. The first-order valence-corrected chi connectivity index (χ1v) is 5.67. The fraction of sp³-hybridized carbons (Fsp3) is 0.308. The van der Waals surface area contributed by atoms with Gasteiger partial charge in [0.25, 0.3) is 0 Å². The Kier molecular flexibility index (Phi) is 2.90. The van der Waals surface area contributed by atoms with Crippen LogP contribution >= 0.6 is 0 Å². The molecule has 0 atom stereocenters. The van der Waals surface area contributed by atoms with Crippen LogP contribution in [0.3, 0.4) is 0 Å². The molecule has 0 radical (unpaired) electrons. The number of carbonyl (C=O) groups is 1. The van der Waals surface area contributed by atoms with Crippen molar-refractivity contribution in [3.63, 3.8) is 0 Å². The van der Waals surface area contributed by atoms with Crippen LogP contribution in [0.1, 0.15) is 35.8 Å². The molecule has 0 saturated heterocycles. The van der Waals surface area contributed by atoms with Crippen LogP contribution < -0.4 is 0 Å². The summed E-state index contributed by atoms with van der Waals surface area (Å²) in [4.78, 5) is 21.9. The summed E-state index contributed by atoms with van der Waals surface area (Å²) in [7, 11) is 0. The number of hydrogen-bond acceptors (Lipinski definition) is 3. The molecule has 0 aliphatic heterocycles. The molecule has 0 bridgehead atoms. The van der Waals surface area contributed by atoms with Crippen molar-refractivity contribution < 1.29 is 9.90 Å². The van der Waals surface area contributed by atoms with Crippen LogP contribution in [0.4, 0.5) is 0 Å². The third-order valence-corrected chi connectivity index (χ3v) is 2.98. The van der Waals surface area contributed by atoms with Gasteiger partial charge in [0.15, 0.2) is 0 Å². The van der Waals surface area contributed by atoms with Crippen LogP contribution in [-0.2, 0) is 0 Å². The van der Waals surface area contributed by atoms with Crippen molar-refractivity contribution >= 4 is 16.8 Å². The number of nitrogens with zero attached hydrogens (tertiary/aromatic N) is 2. The van der Waals surface area contributed by atoms with Gasteiger partial charge in [0.1, 0.15) is 5.75 Å². The third kappa shape index (κ3) is 1.77. The largest absolute Gasteiger partial charge is 0.508 e. The highest BCUT2D eigenvalue weighted by atomic mass is 16.3. The number of carbonyl (C=O) groups excluding carboxylic acids is 1. The van der Waals surface area contributed by atoms with Crippen LogP contribution in [-0.4, -0.2) is 15.6 Å². The Bertz CT molecular complexity index is 641. The minimum Gasteiger partial charge on any atom is -0.508 e. The fourth-order valence-corrected chi connectivity index (χ4v) is 2.22. The highest BCUT2D eigenvalue weighted by Crippen LogP contribution is 2.31. The molecule has 0 spiro atoms. The number of aromatic nitrogens is 1. The van der Waals surface area contributed by atoms with E-state index in [1.165, 1.54) is 6.07 Å². The number of rotatable bonds is 2. The number of phenolic OH excluding ortho intramolecular Hbond substituents is 1. The predicted molar refractivity (Wildman–Crippen MR) is 68.9 cm³/mol. The standard InChI is InChI=1S/C13H14N2O3/c1-7(2)15-6-8(3)12-10(13(17)14-18)4-9(16)5-11(12)15/h4-7,16H,1-3H3. The minimum absolute atomic E-state index is 0.0468. The van der Waals surface area contributed by atoms with Gasteiger partial charge in [-0.2, -0.15) is 0 Å². The summed E-state index contributed by atoms with van der Waals surface area (Å²) in [6.07, 6.45) is 1.90. The van der Waals surface area contributed by atoms with E-state index in [-0.39, 0.29) is 17.4 Å². The molecule has 1 amide bonds. The van der Waals surface area contributed by atoms with Crippen LogP contribution in [0.15, 0.2) is 23.5 Å². The predicted octanol–water partition coefficient (Wildman–Crippen LogP) is 3.14. The zero-order chi connectivity index (χ0) is 13.4. The lowest BCUT2D eigenvalue weighted by molar-refractivity contribution is 0.100. The molecule has 0 aliphatic carbocycles. The molecule has 2 rings (SSSR count). The Balaban J connectivity index is 2.88. The number of aryl methyl sites for hydroxylation is 1. The number of aromatic hydroxyl groups is 1. The van der Waals surface area contributed by atoms with E-state index >= 15 is 0 Å². The summed E-state index contributed by atoms with van der Waals surface area (Å²) in [5.74, 6) is -0.907. The number of nitroso groups, excluding NO2 is 1. The van der Waals surface area contributed by atoms with E-state index in [1.54, 1.807) is 6.07 Å². The first-order valence-electron chi connectivity index (χ1n) is 5.67. The molecule has 0 unspecified atom stereocenters. The zero-order valence-electron chi connectivity index (χ0n) is 10.5. The van der Waals surface area contributed by atoms with Crippen molar-refractivity contribution in [2.45, 2.75) is 26.8 Å². The summed E-state index contributed by atoms with van der Waals surface area (Å²) in [5, 5.41) is 12.8. The Morgan fingerprint density at radius 3 is 2.61 bits per heavy atom. The highest BCUT2D eigenvalue weighted by Gasteiger charge is 2.18. The maximum Gasteiger partial charge on any atom is 0.317 e. The van der Waals surface area contributed by atoms with Gasteiger partial charge >= 0.3 is 5.91 Å². The van der Waals surface area contributed by atoms with Gasteiger partial charge in [-0.25, -0.2) is 0 Å². The second-order valence-electron chi connectivity index (χ2n) is 4.60. The van der Waals surface area contributed by atoms with E-state index in [9.17, 15) is 14.8 Å². The monoisotopic (exact) mass is 246 g/mol. The Hall–Kier alpha value is -2.17. The molecule has 1 heterocycles. The highest BCUT2D eigenvalue weighted by molar-refractivity contribution is 6.08. The SMILES string of the molecule is Cc1cn(C(C)C)c2cc(O)cc(C(=O)N=O)c12. The average molecular weight is 246 g/mol. The molecular weight excluding hydrogens is 232 g/mol. The lowest BCUT2D eigenvalue weighted by Gasteiger charge is -2.09. The summed E-state index contributed by atoms with van der Waals surface area (Å²) in [6.45, 7) is 5.87. The molecule has 94 valence electrons. The van der Waals surface area contributed by atoms with Crippen molar-refractivity contribution in [2.75, 3.05) is 0 Å². The van der Waals surface area contributed by atoms with Crippen LogP contribution in [0.25, 0.3) is 10.9 Å². The molecule has 0 saturated carbocycles. The van der Waals surface area contributed by atoms with E-state index in [4.69, 9.17) is 0 Å². The maximum absolute atomic E-state index is 11.5. The van der Waals surface area contributed by atoms with Crippen LogP contribution in [0, 0.1) is 11.8 Å². The number of fused-ring (bicyclic) bond motifs is 1. The smallest absolute Gasteiger partial charge is 0.317 e. The Morgan fingerprint density at radius 2 is 2.06 bits per heavy atom. The normalized spacial score (nSPS) is 11.1. The molecule has 1 N–H and O–H groups in total. The quantitative estimate of drug-likeness (QED) is 0.827. The minimum atomic E-state index is -0.861. The molecule has 5 heteroatoms. The van der Waals surface area contributed by atoms with Gasteiger partial charge in [-0.05, 0) is 32.4 Å². The van der Waals surface area contributed by atoms with Crippen molar-refractivity contribution in [2.24, 2.45) is 5.18 Å². The van der Waals surface area contributed by atoms with E-state index in [0.29, 0.717) is 5.39 Å². The van der Waals surface area contributed by atoms with Gasteiger partial charge in [-0.3, -0.25) is 4.79 Å². The summed E-state index contributed by atoms with van der Waals surface area (Å²) < 4.78 is 1.95. The summed E-state index contributed by atoms with van der Waals surface area (Å²) in [5.41, 5.74) is 1.76.